The van der Waals surface area contributed by atoms with Crippen molar-refractivity contribution in [2.75, 3.05) is 24.6 Å². The van der Waals surface area contributed by atoms with Gasteiger partial charge in [0.2, 0.25) is 0 Å². The minimum atomic E-state index is 0.188. The highest BCUT2D eigenvalue weighted by atomic mass is 16.3. The highest BCUT2D eigenvalue weighted by Crippen LogP contribution is 2.17. The Hall–Kier alpha value is -1.94. The molecule has 0 saturated heterocycles. The van der Waals surface area contributed by atoms with Crippen LogP contribution in [0.15, 0.2) is 42.9 Å². The topological polar surface area (TPSA) is 49.2 Å². The van der Waals surface area contributed by atoms with E-state index in [2.05, 4.69) is 53.0 Å². The van der Waals surface area contributed by atoms with Gasteiger partial charge in [-0.2, -0.15) is 0 Å². The Morgan fingerprint density at radius 3 is 2.43 bits per heavy atom. The number of rotatable bonds is 9. The van der Waals surface area contributed by atoms with Crippen LogP contribution in [0.4, 0.5) is 5.69 Å². The number of aliphatic hydroxyl groups excluding tert-OH is 1. The van der Waals surface area contributed by atoms with Crippen LogP contribution in [0, 0.1) is 5.92 Å². The predicted molar refractivity (Wildman–Crippen MR) is 94.6 cm³/mol. The van der Waals surface area contributed by atoms with E-state index in [1.165, 1.54) is 11.3 Å². The van der Waals surface area contributed by atoms with Crippen molar-refractivity contribution in [2.24, 2.45) is 5.92 Å². The van der Waals surface area contributed by atoms with Gasteiger partial charge in [0.05, 0.1) is 6.61 Å². The third kappa shape index (κ3) is 5.99. The molecule has 2 rings (SSSR count). The largest absolute Gasteiger partial charge is 0.395 e. The number of hydrogen-bond acceptors (Lipinski definition) is 4. The van der Waals surface area contributed by atoms with E-state index in [-0.39, 0.29) is 6.61 Å². The molecule has 0 aliphatic rings. The maximum atomic E-state index is 9.27. The lowest BCUT2D eigenvalue weighted by molar-refractivity contribution is 0.301. The van der Waals surface area contributed by atoms with Gasteiger partial charge in [0, 0.05) is 30.7 Å². The van der Waals surface area contributed by atoms with E-state index >= 15 is 0 Å². The average Bonchev–Trinajstić information content (AvgIpc) is 2.58. The van der Waals surface area contributed by atoms with Crippen molar-refractivity contribution in [2.45, 2.75) is 33.1 Å². The van der Waals surface area contributed by atoms with Crippen LogP contribution in [-0.4, -0.2) is 34.8 Å². The monoisotopic (exact) mass is 313 g/mol. The van der Waals surface area contributed by atoms with Crippen LogP contribution in [0.25, 0.3) is 0 Å². The number of hydrogen-bond donors (Lipinski definition) is 1. The number of benzene rings is 1. The molecule has 0 spiro atoms. The van der Waals surface area contributed by atoms with Crippen LogP contribution in [0.5, 0.6) is 0 Å². The van der Waals surface area contributed by atoms with Gasteiger partial charge in [-0.1, -0.05) is 26.0 Å². The standard InChI is InChI=1S/C19H27N3O/c1-16(2)10-12-22(13-14-23)19-7-4-17(5-8-19)3-6-18-9-11-20-15-21-18/h4-5,7-9,11,15-16,23H,3,6,10,12-14H2,1-2H3. The van der Waals surface area contributed by atoms with E-state index in [9.17, 15) is 5.11 Å². The first-order valence-electron chi connectivity index (χ1n) is 8.38. The SMILES string of the molecule is CC(C)CCN(CCO)c1ccc(CCc2ccncn2)cc1. The maximum Gasteiger partial charge on any atom is 0.115 e. The van der Waals surface area contributed by atoms with Gasteiger partial charge in [-0.15, -0.1) is 0 Å². The van der Waals surface area contributed by atoms with Crippen molar-refractivity contribution in [1.82, 2.24) is 9.97 Å². The lowest BCUT2D eigenvalue weighted by Crippen LogP contribution is -2.28. The molecule has 0 unspecified atom stereocenters. The first kappa shape index (κ1) is 17.4. The van der Waals surface area contributed by atoms with Gasteiger partial charge in [0.15, 0.2) is 0 Å². The molecule has 2 aromatic rings. The van der Waals surface area contributed by atoms with Crippen molar-refractivity contribution >= 4 is 5.69 Å². The third-order valence-corrected chi connectivity index (χ3v) is 3.96. The highest BCUT2D eigenvalue weighted by Gasteiger charge is 2.07. The smallest absolute Gasteiger partial charge is 0.115 e. The molecule has 0 fully saturated rings. The zero-order valence-corrected chi connectivity index (χ0v) is 14.2. The molecule has 4 nitrogen and oxygen atoms in total. The molecule has 1 N–H and O–H groups in total. The zero-order chi connectivity index (χ0) is 16.5. The van der Waals surface area contributed by atoms with E-state index in [4.69, 9.17) is 0 Å². The summed E-state index contributed by atoms with van der Waals surface area (Å²) in [7, 11) is 0. The number of aromatic nitrogens is 2. The Kier molecular flexibility index (Phi) is 7.01. The molecule has 0 aliphatic carbocycles. The van der Waals surface area contributed by atoms with Crippen molar-refractivity contribution in [3.05, 3.63) is 54.1 Å². The Morgan fingerprint density at radius 2 is 1.83 bits per heavy atom. The van der Waals surface area contributed by atoms with Gasteiger partial charge in [0.25, 0.3) is 0 Å². The molecular weight excluding hydrogens is 286 g/mol. The molecule has 0 radical (unpaired) electrons. The van der Waals surface area contributed by atoms with Gasteiger partial charge in [-0.05, 0) is 48.9 Å². The van der Waals surface area contributed by atoms with Gasteiger partial charge >= 0.3 is 0 Å². The Morgan fingerprint density at radius 1 is 1.04 bits per heavy atom. The summed E-state index contributed by atoms with van der Waals surface area (Å²) in [4.78, 5) is 10.5. The predicted octanol–water partition coefficient (Wildman–Crippen LogP) is 3.11. The number of nitrogens with zero attached hydrogens (tertiary/aromatic N) is 3. The van der Waals surface area contributed by atoms with E-state index in [0.29, 0.717) is 12.5 Å². The molecule has 0 bridgehead atoms. The lowest BCUT2D eigenvalue weighted by atomic mass is 10.1. The molecule has 1 heterocycles. The summed E-state index contributed by atoms with van der Waals surface area (Å²) in [5.74, 6) is 0.670. The first-order valence-corrected chi connectivity index (χ1v) is 8.38. The summed E-state index contributed by atoms with van der Waals surface area (Å²) < 4.78 is 0. The summed E-state index contributed by atoms with van der Waals surface area (Å²) >= 11 is 0. The molecule has 4 heteroatoms. The lowest BCUT2D eigenvalue weighted by Gasteiger charge is -2.25. The number of anilines is 1. The normalized spacial score (nSPS) is 11.0. The maximum absolute atomic E-state index is 9.27. The Balaban J connectivity index is 1.93. The van der Waals surface area contributed by atoms with Crippen molar-refractivity contribution in [3.63, 3.8) is 0 Å². The molecule has 1 aromatic heterocycles. The van der Waals surface area contributed by atoms with Gasteiger partial charge in [-0.3, -0.25) is 0 Å². The summed E-state index contributed by atoms with van der Waals surface area (Å²) in [5.41, 5.74) is 3.56. The minimum Gasteiger partial charge on any atom is -0.395 e. The van der Waals surface area contributed by atoms with Crippen LogP contribution in [0.1, 0.15) is 31.5 Å². The van der Waals surface area contributed by atoms with Gasteiger partial charge < -0.3 is 10.0 Å². The summed E-state index contributed by atoms with van der Waals surface area (Å²) in [6.07, 6.45) is 6.42. The molecule has 0 saturated carbocycles. The molecular formula is C19H27N3O. The van der Waals surface area contributed by atoms with Crippen LogP contribution < -0.4 is 4.90 Å². The van der Waals surface area contributed by atoms with Crippen LogP contribution in [-0.2, 0) is 12.8 Å². The molecule has 1 aromatic carbocycles. The van der Waals surface area contributed by atoms with Crippen LogP contribution >= 0.6 is 0 Å². The van der Waals surface area contributed by atoms with Crippen molar-refractivity contribution in [3.8, 4) is 0 Å². The van der Waals surface area contributed by atoms with E-state index in [1.807, 2.05) is 6.07 Å². The molecule has 0 amide bonds. The molecule has 0 aliphatic heterocycles. The van der Waals surface area contributed by atoms with Crippen molar-refractivity contribution in [1.29, 1.82) is 0 Å². The van der Waals surface area contributed by atoms with Gasteiger partial charge in [0.1, 0.15) is 6.33 Å². The highest BCUT2D eigenvalue weighted by molar-refractivity contribution is 5.47. The Bertz CT molecular complexity index is 555. The fourth-order valence-electron chi connectivity index (χ4n) is 2.52. The second-order valence-electron chi connectivity index (χ2n) is 6.26. The van der Waals surface area contributed by atoms with E-state index < -0.39 is 0 Å². The third-order valence-electron chi connectivity index (χ3n) is 3.96. The zero-order valence-electron chi connectivity index (χ0n) is 14.2. The fraction of sp³-hybridized carbons (Fsp3) is 0.474. The number of aryl methyl sites for hydroxylation is 2. The van der Waals surface area contributed by atoms with Crippen LogP contribution in [0.2, 0.25) is 0 Å². The molecule has 23 heavy (non-hydrogen) atoms. The molecule has 0 atom stereocenters. The summed E-state index contributed by atoms with van der Waals surface area (Å²) in [6, 6.07) is 10.6. The number of aliphatic hydroxyl groups is 1. The fourth-order valence-corrected chi connectivity index (χ4v) is 2.52. The van der Waals surface area contributed by atoms with E-state index in [1.54, 1.807) is 12.5 Å². The average molecular weight is 313 g/mol. The summed E-state index contributed by atoms with van der Waals surface area (Å²) in [5, 5.41) is 9.27. The summed E-state index contributed by atoms with van der Waals surface area (Å²) in [6.45, 7) is 6.32. The van der Waals surface area contributed by atoms with Crippen LogP contribution in [0.3, 0.4) is 0 Å². The first-order chi connectivity index (χ1) is 11.2. The quantitative estimate of drug-likeness (QED) is 0.773. The van der Waals surface area contributed by atoms with Gasteiger partial charge in [-0.25, -0.2) is 9.97 Å². The minimum absolute atomic E-state index is 0.188. The Labute approximate surface area is 139 Å². The van der Waals surface area contributed by atoms with Crippen molar-refractivity contribution < 1.29 is 5.11 Å². The van der Waals surface area contributed by atoms with E-state index in [0.717, 1.165) is 31.5 Å². The molecule has 124 valence electrons. The second kappa shape index (κ2) is 9.26. The second-order valence-corrected chi connectivity index (χ2v) is 6.26.